The molecule has 0 saturated heterocycles. The summed E-state index contributed by atoms with van der Waals surface area (Å²) in [6.45, 7) is 3.59. The molecule has 1 aliphatic rings. The summed E-state index contributed by atoms with van der Waals surface area (Å²) in [5, 5.41) is 10.7. The van der Waals surface area contributed by atoms with Crippen molar-refractivity contribution >= 4 is 45.5 Å². The molecule has 1 aliphatic heterocycles. The SMILES string of the molecule is CC1(C)N=C(N)N=C(N)N1c1ccc(S(=O)(=O)c2ccc([N+](=O)[O-])cc2)cc1.Cl. The van der Waals surface area contributed by atoms with Gasteiger partial charge in [-0.3, -0.25) is 15.0 Å². The molecule has 2 aromatic rings. The fourth-order valence-corrected chi connectivity index (χ4v) is 4.17. The second-order valence-electron chi connectivity index (χ2n) is 6.52. The number of benzene rings is 2. The van der Waals surface area contributed by atoms with Gasteiger partial charge in [0.15, 0.2) is 0 Å². The monoisotopic (exact) mass is 438 g/mol. The highest BCUT2D eigenvalue weighted by Crippen LogP contribution is 2.30. The molecule has 10 nitrogen and oxygen atoms in total. The van der Waals surface area contributed by atoms with Gasteiger partial charge in [0, 0.05) is 17.8 Å². The van der Waals surface area contributed by atoms with E-state index >= 15 is 0 Å². The Bertz CT molecular complexity index is 1100. The highest BCUT2D eigenvalue weighted by atomic mass is 35.5. The number of nitrogens with two attached hydrogens (primary N) is 2. The minimum atomic E-state index is -3.83. The number of sulfone groups is 1. The Morgan fingerprint density at radius 1 is 1.00 bits per heavy atom. The molecule has 1 heterocycles. The zero-order valence-corrected chi connectivity index (χ0v) is 17.1. The number of guanidine groups is 2. The van der Waals surface area contributed by atoms with Crippen molar-refractivity contribution in [3.63, 3.8) is 0 Å². The lowest BCUT2D eigenvalue weighted by Gasteiger charge is -2.38. The average Bonchev–Trinajstić information content (AvgIpc) is 2.60. The molecule has 0 aromatic heterocycles. The lowest BCUT2D eigenvalue weighted by atomic mass is 10.1. The first kappa shape index (κ1) is 22.1. The predicted octanol–water partition coefficient (Wildman–Crippen LogP) is 2.03. The first-order valence-corrected chi connectivity index (χ1v) is 9.60. The van der Waals surface area contributed by atoms with Gasteiger partial charge in [0.2, 0.25) is 21.8 Å². The van der Waals surface area contributed by atoms with Crippen molar-refractivity contribution in [1.82, 2.24) is 0 Å². The third-order valence-corrected chi connectivity index (χ3v) is 5.94. The molecule has 0 saturated carbocycles. The number of rotatable bonds is 4. The van der Waals surface area contributed by atoms with E-state index in [1.54, 1.807) is 30.9 Å². The van der Waals surface area contributed by atoms with Crippen LogP contribution in [0.25, 0.3) is 0 Å². The van der Waals surface area contributed by atoms with Gasteiger partial charge in [-0.2, -0.15) is 4.99 Å². The van der Waals surface area contributed by atoms with Crippen molar-refractivity contribution in [3.05, 3.63) is 58.6 Å². The van der Waals surface area contributed by atoms with E-state index in [4.69, 9.17) is 11.5 Å². The maximum atomic E-state index is 12.8. The van der Waals surface area contributed by atoms with Gasteiger partial charge in [-0.05, 0) is 50.2 Å². The Balaban J connectivity index is 0.00000300. The third-order valence-electron chi connectivity index (χ3n) is 4.16. The summed E-state index contributed by atoms with van der Waals surface area (Å²) in [5.74, 6) is 0.208. The van der Waals surface area contributed by atoms with E-state index in [1.807, 2.05) is 0 Å². The molecule has 154 valence electrons. The van der Waals surface area contributed by atoms with Crippen LogP contribution < -0.4 is 16.4 Å². The fourth-order valence-electron chi connectivity index (χ4n) is 2.91. The van der Waals surface area contributed by atoms with Gasteiger partial charge in [-0.15, -0.1) is 12.4 Å². The van der Waals surface area contributed by atoms with Crippen molar-refractivity contribution in [1.29, 1.82) is 0 Å². The number of nitro groups is 1. The molecule has 0 aliphatic carbocycles. The Kier molecular flexibility index (Phi) is 5.86. The molecule has 0 amide bonds. The van der Waals surface area contributed by atoms with Gasteiger partial charge < -0.3 is 11.5 Å². The number of aliphatic imine (C=N–C) groups is 2. The number of non-ortho nitro benzene ring substituents is 1. The summed E-state index contributed by atoms with van der Waals surface area (Å²) in [6.07, 6.45) is 0. The van der Waals surface area contributed by atoms with Gasteiger partial charge in [-0.1, -0.05) is 0 Å². The average molecular weight is 439 g/mol. The van der Waals surface area contributed by atoms with E-state index in [0.717, 1.165) is 12.1 Å². The van der Waals surface area contributed by atoms with Gasteiger partial charge in [0.05, 0.1) is 14.7 Å². The highest BCUT2D eigenvalue weighted by molar-refractivity contribution is 7.91. The second-order valence-corrected chi connectivity index (χ2v) is 8.47. The standard InChI is InChI=1S/C17H18N6O4S.ClH/c1-17(2)21-15(18)20-16(19)22(17)11-3-7-13(8-4-11)28(26,27)14-9-5-12(6-10-14)23(24)25;/h3-10H,1-2H3,(H4,18,19,20,21);1H. The van der Waals surface area contributed by atoms with Crippen LogP contribution in [-0.4, -0.2) is 30.9 Å². The number of halogens is 1. The number of nitro benzene ring substituents is 1. The normalized spacial score (nSPS) is 15.7. The summed E-state index contributed by atoms with van der Waals surface area (Å²) >= 11 is 0. The fraction of sp³-hybridized carbons (Fsp3) is 0.176. The van der Waals surface area contributed by atoms with Crippen molar-refractivity contribution in [2.75, 3.05) is 4.90 Å². The lowest BCUT2D eigenvalue weighted by Crippen LogP contribution is -2.54. The van der Waals surface area contributed by atoms with Gasteiger partial charge >= 0.3 is 0 Å². The van der Waals surface area contributed by atoms with E-state index < -0.39 is 20.4 Å². The van der Waals surface area contributed by atoms with Crippen LogP contribution in [0.3, 0.4) is 0 Å². The largest absolute Gasteiger partial charge is 0.369 e. The molecule has 2 aromatic carbocycles. The Morgan fingerprint density at radius 3 is 1.93 bits per heavy atom. The van der Waals surface area contributed by atoms with Gasteiger partial charge in [0.1, 0.15) is 5.66 Å². The van der Waals surface area contributed by atoms with Crippen LogP contribution in [-0.2, 0) is 9.84 Å². The van der Waals surface area contributed by atoms with Gasteiger partial charge in [0.25, 0.3) is 5.69 Å². The molecule has 0 bridgehead atoms. The Labute approximate surface area is 173 Å². The number of anilines is 1. The first-order chi connectivity index (χ1) is 13.0. The molecular weight excluding hydrogens is 420 g/mol. The second kappa shape index (κ2) is 7.68. The van der Waals surface area contributed by atoms with Crippen molar-refractivity contribution in [2.24, 2.45) is 21.5 Å². The molecule has 0 unspecified atom stereocenters. The Hall–Kier alpha value is -3.18. The molecule has 3 rings (SSSR count). The summed E-state index contributed by atoms with van der Waals surface area (Å²) < 4.78 is 25.5. The molecule has 0 fully saturated rings. The molecule has 0 atom stereocenters. The zero-order valence-electron chi connectivity index (χ0n) is 15.5. The van der Waals surface area contributed by atoms with Crippen LogP contribution in [0.15, 0.2) is 68.3 Å². The molecule has 0 radical (unpaired) electrons. The summed E-state index contributed by atoms with van der Waals surface area (Å²) in [6, 6.07) is 10.7. The number of hydrogen-bond donors (Lipinski definition) is 2. The van der Waals surface area contributed by atoms with Crippen molar-refractivity contribution < 1.29 is 13.3 Å². The van der Waals surface area contributed by atoms with E-state index in [2.05, 4.69) is 9.98 Å². The summed E-state index contributed by atoms with van der Waals surface area (Å²) in [5.41, 5.74) is 11.2. The topological polar surface area (TPSA) is 157 Å². The number of hydrogen-bond acceptors (Lipinski definition) is 9. The molecule has 12 heteroatoms. The van der Waals surface area contributed by atoms with Crippen LogP contribution >= 0.6 is 12.4 Å². The van der Waals surface area contributed by atoms with E-state index in [0.29, 0.717) is 5.69 Å². The summed E-state index contributed by atoms with van der Waals surface area (Å²) in [7, 11) is -3.83. The smallest absolute Gasteiger partial charge is 0.269 e. The molecule has 4 N–H and O–H groups in total. The number of nitrogens with zero attached hydrogens (tertiary/aromatic N) is 4. The van der Waals surface area contributed by atoms with Crippen molar-refractivity contribution in [3.8, 4) is 0 Å². The van der Waals surface area contributed by atoms with Crippen LogP contribution in [0.4, 0.5) is 11.4 Å². The van der Waals surface area contributed by atoms with E-state index in [1.165, 1.54) is 24.3 Å². The van der Waals surface area contributed by atoms with Crippen LogP contribution in [0.2, 0.25) is 0 Å². The lowest BCUT2D eigenvalue weighted by molar-refractivity contribution is -0.384. The Morgan fingerprint density at radius 2 is 1.48 bits per heavy atom. The van der Waals surface area contributed by atoms with Crippen LogP contribution in [0.5, 0.6) is 0 Å². The quantitative estimate of drug-likeness (QED) is 0.545. The maximum absolute atomic E-state index is 12.8. The van der Waals surface area contributed by atoms with Crippen molar-refractivity contribution in [2.45, 2.75) is 29.3 Å². The van der Waals surface area contributed by atoms with Crippen LogP contribution in [0.1, 0.15) is 13.8 Å². The molecule has 29 heavy (non-hydrogen) atoms. The molecular formula is C17H19ClN6O4S. The minimum Gasteiger partial charge on any atom is -0.369 e. The minimum absolute atomic E-state index is 0. The van der Waals surface area contributed by atoms with E-state index in [-0.39, 0.29) is 39.8 Å². The summed E-state index contributed by atoms with van der Waals surface area (Å²) in [4.78, 5) is 20.0. The van der Waals surface area contributed by atoms with E-state index in [9.17, 15) is 18.5 Å². The zero-order chi connectivity index (χ0) is 20.7. The maximum Gasteiger partial charge on any atom is 0.269 e. The first-order valence-electron chi connectivity index (χ1n) is 8.12. The third kappa shape index (κ3) is 4.15. The predicted molar refractivity (Wildman–Crippen MR) is 112 cm³/mol. The van der Waals surface area contributed by atoms with Crippen LogP contribution in [0, 0.1) is 10.1 Å². The molecule has 0 spiro atoms. The van der Waals surface area contributed by atoms with Gasteiger partial charge in [-0.25, -0.2) is 13.4 Å². The highest BCUT2D eigenvalue weighted by Gasteiger charge is 2.33.